The first-order chi connectivity index (χ1) is 20.1. The number of hydrogen-bond acceptors (Lipinski definition) is 9. The molecule has 0 rings (SSSR count). The van der Waals surface area contributed by atoms with Gasteiger partial charge in [0, 0.05) is 0 Å². The molecule has 0 fully saturated rings. The largest absolute Gasteiger partial charge is 0.394 e. The van der Waals surface area contributed by atoms with E-state index < -0.39 is 78.8 Å². The Bertz CT molecular complexity index is 931. The van der Waals surface area contributed by atoms with Crippen molar-refractivity contribution in [1.29, 1.82) is 0 Å². The number of aliphatic hydroxyl groups excluding tert-OH is 1. The van der Waals surface area contributed by atoms with E-state index in [9.17, 15) is 28.8 Å². The Morgan fingerprint density at radius 1 is 0.767 bits per heavy atom. The standard InChI is InChI=1S/C28H54N8O7/c1-7-17(6)23(36-27(42)20(12-15(2)3)34-25(40)18(30)14-37)28(43)32-13-21(38)33-19(10-8-9-11-29)26(41)35-22(16(4)5)24(31)39/h15-20,22-23,37H,7-14,29-30H2,1-6H3,(H2,31,39)(H,32,43)(H,33,38)(H,34,40)(H,35,41)(H,36,42)/t17-,18+,19+,20-,22-,23-/m0/s1. The van der Waals surface area contributed by atoms with E-state index in [1.165, 1.54) is 0 Å². The molecule has 248 valence electrons. The maximum Gasteiger partial charge on any atom is 0.243 e. The summed E-state index contributed by atoms with van der Waals surface area (Å²) in [5, 5.41) is 22.0. The van der Waals surface area contributed by atoms with Crippen LogP contribution in [-0.2, 0) is 28.8 Å². The van der Waals surface area contributed by atoms with E-state index in [4.69, 9.17) is 22.3 Å². The molecule has 43 heavy (non-hydrogen) atoms. The maximum absolute atomic E-state index is 13.2. The van der Waals surface area contributed by atoms with Crippen molar-refractivity contribution in [3.8, 4) is 0 Å². The number of nitrogens with two attached hydrogens (primary N) is 3. The van der Waals surface area contributed by atoms with Crippen molar-refractivity contribution in [1.82, 2.24) is 26.6 Å². The van der Waals surface area contributed by atoms with E-state index >= 15 is 0 Å². The quantitative estimate of drug-likeness (QED) is 0.0630. The third-order valence-corrected chi connectivity index (χ3v) is 6.96. The summed E-state index contributed by atoms with van der Waals surface area (Å²) in [5.41, 5.74) is 16.5. The fraction of sp³-hybridized carbons (Fsp3) is 0.786. The van der Waals surface area contributed by atoms with E-state index in [2.05, 4.69) is 26.6 Å². The fourth-order valence-electron chi connectivity index (χ4n) is 4.12. The Kier molecular flexibility index (Phi) is 19.0. The van der Waals surface area contributed by atoms with Gasteiger partial charge in [0.25, 0.3) is 0 Å². The molecule has 0 saturated carbocycles. The number of amides is 6. The van der Waals surface area contributed by atoms with E-state index in [0.29, 0.717) is 25.8 Å². The molecule has 0 radical (unpaired) electrons. The van der Waals surface area contributed by atoms with Crippen LogP contribution in [0.3, 0.4) is 0 Å². The number of carbonyl (C=O) groups is 6. The predicted octanol–water partition coefficient (Wildman–Crippen LogP) is -2.28. The summed E-state index contributed by atoms with van der Waals surface area (Å²) in [5.74, 6) is -4.48. The summed E-state index contributed by atoms with van der Waals surface area (Å²) in [4.78, 5) is 76.0. The van der Waals surface area contributed by atoms with E-state index in [-0.39, 0.29) is 30.6 Å². The van der Waals surface area contributed by atoms with Crippen LogP contribution in [0.25, 0.3) is 0 Å². The zero-order valence-corrected chi connectivity index (χ0v) is 26.4. The Labute approximate surface area is 254 Å². The Morgan fingerprint density at radius 3 is 1.84 bits per heavy atom. The molecule has 0 aromatic carbocycles. The minimum atomic E-state index is -1.21. The summed E-state index contributed by atoms with van der Waals surface area (Å²) in [6.45, 7) is 10.1. The molecule has 0 aliphatic carbocycles. The minimum Gasteiger partial charge on any atom is -0.394 e. The van der Waals surface area contributed by atoms with Crippen LogP contribution in [-0.4, -0.2) is 90.5 Å². The highest BCUT2D eigenvalue weighted by Crippen LogP contribution is 2.11. The summed E-state index contributed by atoms with van der Waals surface area (Å²) < 4.78 is 0. The summed E-state index contributed by atoms with van der Waals surface area (Å²) in [7, 11) is 0. The SMILES string of the molecule is CC[C@H](C)[C@H](NC(=O)[C@H](CC(C)C)NC(=O)[C@H](N)CO)C(=O)NCC(=O)N[C@H](CCCCN)C(=O)N[C@H](C(N)=O)C(C)C. The summed E-state index contributed by atoms with van der Waals surface area (Å²) in [6.07, 6.45) is 2.17. The van der Waals surface area contributed by atoms with Gasteiger partial charge < -0.3 is 48.9 Å². The van der Waals surface area contributed by atoms with Crippen LogP contribution in [0.15, 0.2) is 0 Å². The van der Waals surface area contributed by atoms with Crippen LogP contribution in [0.1, 0.15) is 73.6 Å². The highest BCUT2D eigenvalue weighted by atomic mass is 16.3. The van der Waals surface area contributed by atoms with Gasteiger partial charge in [0.1, 0.15) is 30.2 Å². The van der Waals surface area contributed by atoms with E-state index in [1.54, 1.807) is 20.8 Å². The number of aliphatic hydroxyl groups is 1. The van der Waals surface area contributed by atoms with E-state index in [1.807, 2.05) is 20.8 Å². The first-order valence-electron chi connectivity index (χ1n) is 14.9. The van der Waals surface area contributed by atoms with Crippen molar-refractivity contribution in [2.75, 3.05) is 19.7 Å². The second kappa shape index (κ2) is 20.6. The van der Waals surface area contributed by atoms with Crippen molar-refractivity contribution >= 4 is 35.4 Å². The smallest absolute Gasteiger partial charge is 0.243 e. The lowest BCUT2D eigenvalue weighted by Crippen LogP contribution is -2.58. The fourth-order valence-corrected chi connectivity index (χ4v) is 4.12. The van der Waals surface area contributed by atoms with E-state index in [0.717, 1.165) is 0 Å². The minimum absolute atomic E-state index is 0.00904. The van der Waals surface area contributed by atoms with Crippen LogP contribution in [0.5, 0.6) is 0 Å². The molecule has 6 atom stereocenters. The summed E-state index contributed by atoms with van der Waals surface area (Å²) >= 11 is 0. The van der Waals surface area contributed by atoms with Crippen LogP contribution in [0, 0.1) is 17.8 Å². The first kappa shape index (κ1) is 39.7. The lowest BCUT2D eigenvalue weighted by atomic mass is 9.96. The zero-order valence-electron chi connectivity index (χ0n) is 26.4. The lowest BCUT2D eigenvalue weighted by molar-refractivity contribution is -0.134. The second-order valence-corrected chi connectivity index (χ2v) is 11.6. The average molecular weight is 615 g/mol. The highest BCUT2D eigenvalue weighted by molar-refractivity contribution is 5.95. The third-order valence-electron chi connectivity index (χ3n) is 6.96. The molecular formula is C28H54N8O7. The molecule has 0 bridgehead atoms. The average Bonchev–Trinajstić information content (AvgIpc) is 2.94. The van der Waals surface area contributed by atoms with Gasteiger partial charge in [-0.3, -0.25) is 28.8 Å². The first-order valence-corrected chi connectivity index (χ1v) is 14.9. The molecule has 0 unspecified atom stereocenters. The van der Waals surface area contributed by atoms with Crippen molar-refractivity contribution in [2.24, 2.45) is 35.0 Å². The predicted molar refractivity (Wildman–Crippen MR) is 162 cm³/mol. The van der Waals surface area contributed by atoms with Gasteiger partial charge in [0.2, 0.25) is 35.4 Å². The number of nitrogens with one attached hydrogen (secondary N) is 5. The molecule has 0 saturated heterocycles. The van der Waals surface area contributed by atoms with Crippen LogP contribution < -0.4 is 43.8 Å². The molecule has 15 heteroatoms. The summed E-state index contributed by atoms with van der Waals surface area (Å²) in [6, 6.07) is -5.16. The zero-order chi connectivity index (χ0) is 33.3. The molecule has 6 amide bonds. The molecule has 15 nitrogen and oxygen atoms in total. The number of primary amides is 1. The van der Waals surface area contributed by atoms with Gasteiger partial charge in [-0.1, -0.05) is 48.0 Å². The molecule has 0 aliphatic rings. The molecule has 0 aromatic heterocycles. The number of hydrogen-bond donors (Lipinski definition) is 9. The van der Waals surface area contributed by atoms with Crippen molar-refractivity contribution in [3.05, 3.63) is 0 Å². The van der Waals surface area contributed by atoms with Gasteiger partial charge in [0.15, 0.2) is 0 Å². The number of carbonyl (C=O) groups excluding carboxylic acids is 6. The van der Waals surface area contributed by atoms with Crippen LogP contribution in [0.2, 0.25) is 0 Å². The number of rotatable bonds is 21. The second-order valence-electron chi connectivity index (χ2n) is 11.6. The van der Waals surface area contributed by atoms with Crippen molar-refractivity contribution < 1.29 is 33.9 Å². The highest BCUT2D eigenvalue weighted by Gasteiger charge is 2.32. The molecule has 0 heterocycles. The molecular weight excluding hydrogens is 560 g/mol. The lowest BCUT2D eigenvalue weighted by Gasteiger charge is -2.27. The Hall–Kier alpha value is -3.30. The molecule has 0 aromatic rings. The van der Waals surface area contributed by atoms with Gasteiger partial charge in [-0.15, -0.1) is 0 Å². The maximum atomic E-state index is 13.2. The Balaban J connectivity index is 5.55. The van der Waals surface area contributed by atoms with Crippen LogP contribution >= 0.6 is 0 Å². The van der Waals surface area contributed by atoms with Gasteiger partial charge in [-0.2, -0.15) is 0 Å². The molecule has 0 spiro atoms. The van der Waals surface area contributed by atoms with Gasteiger partial charge >= 0.3 is 0 Å². The molecule has 12 N–H and O–H groups in total. The normalized spacial score (nSPS) is 15.4. The van der Waals surface area contributed by atoms with Gasteiger partial charge in [0.05, 0.1) is 13.2 Å². The third kappa shape index (κ3) is 15.1. The number of unbranched alkanes of at least 4 members (excludes halogenated alkanes) is 1. The van der Waals surface area contributed by atoms with Gasteiger partial charge in [-0.05, 0) is 50.0 Å². The van der Waals surface area contributed by atoms with Crippen molar-refractivity contribution in [3.63, 3.8) is 0 Å². The topological polar surface area (TPSA) is 261 Å². The Morgan fingerprint density at radius 2 is 1.35 bits per heavy atom. The molecule has 0 aliphatic heterocycles. The van der Waals surface area contributed by atoms with Gasteiger partial charge in [-0.25, -0.2) is 0 Å². The monoisotopic (exact) mass is 614 g/mol. The van der Waals surface area contributed by atoms with Crippen LogP contribution in [0.4, 0.5) is 0 Å². The van der Waals surface area contributed by atoms with Crippen molar-refractivity contribution in [2.45, 2.75) is 104 Å².